The van der Waals surface area contributed by atoms with Crippen molar-refractivity contribution in [2.45, 2.75) is 6.04 Å². The van der Waals surface area contributed by atoms with Crippen molar-refractivity contribution in [3.05, 3.63) is 71.5 Å². The molecule has 20 heavy (non-hydrogen) atoms. The maximum Gasteiger partial charge on any atom is 0.330 e. The zero-order valence-corrected chi connectivity index (χ0v) is 10.4. The Bertz CT molecular complexity index is 628. The van der Waals surface area contributed by atoms with Gasteiger partial charge in [-0.3, -0.25) is 4.79 Å². The highest BCUT2D eigenvalue weighted by molar-refractivity contribution is 5.96. The summed E-state index contributed by atoms with van der Waals surface area (Å²) in [5.41, 5.74) is 0.525. The Morgan fingerprint density at radius 3 is 2.35 bits per heavy atom. The predicted molar refractivity (Wildman–Crippen MR) is 70.7 cm³/mol. The van der Waals surface area contributed by atoms with E-state index in [0.717, 1.165) is 6.07 Å². The molecule has 0 aliphatic heterocycles. The monoisotopic (exact) mass is 273 g/mol. The average molecular weight is 273 g/mol. The smallest absolute Gasteiger partial charge is 0.330 e. The molecule has 2 aromatic rings. The first kappa shape index (κ1) is 13.7. The van der Waals surface area contributed by atoms with Gasteiger partial charge in [-0.25, -0.2) is 9.18 Å². The number of halogens is 1. The topological polar surface area (TPSA) is 66.4 Å². The summed E-state index contributed by atoms with van der Waals surface area (Å²) in [6.07, 6.45) is 0. The van der Waals surface area contributed by atoms with Crippen LogP contribution in [0.15, 0.2) is 54.6 Å². The summed E-state index contributed by atoms with van der Waals surface area (Å²) >= 11 is 0. The van der Waals surface area contributed by atoms with Crippen molar-refractivity contribution in [2.75, 3.05) is 0 Å². The first-order chi connectivity index (χ1) is 9.58. The molecule has 4 nitrogen and oxygen atoms in total. The molecule has 5 heteroatoms. The SMILES string of the molecule is O=C(N[C@@H](C(=O)O)c1ccccc1)c1cccc(F)c1. The van der Waals surface area contributed by atoms with Crippen LogP contribution in [0.2, 0.25) is 0 Å². The third-order valence-corrected chi connectivity index (χ3v) is 2.74. The van der Waals surface area contributed by atoms with Gasteiger partial charge in [0.05, 0.1) is 0 Å². The van der Waals surface area contributed by atoms with Crippen LogP contribution in [0.4, 0.5) is 4.39 Å². The van der Waals surface area contributed by atoms with Crippen LogP contribution < -0.4 is 5.32 Å². The van der Waals surface area contributed by atoms with Crippen molar-refractivity contribution < 1.29 is 19.1 Å². The van der Waals surface area contributed by atoms with Crippen LogP contribution in [0, 0.1) is 5.82 Å². The van der Waals surface area contributed by atoms with E-state index in [-0.39, 0.29) is 5.56 Å². The summed E-state index contributed by atoms with van der Waals surface area (Å²) in [6, 6.07) is 12.2. The van der Waals surface area contributed by atoms with E-state index >= 15 is 0 Å². The molecule has 2 N–H and O–H groups in total. The van der Waals surface area contributed by atoms with Crippen LogP contribution in [0.5, 0.6) is 0 Å². The van der Waals surface area contributed by atoms with Gasteiger partial charge in [0.15, 0.2) is 6.04 Å². The van der Waals surface area contributed by atoms with E-state index in [0.29, 0.717) is 5.56 Å². The quantitative estimate of drug-likeness (QED) is 0.898. The fourth-order valence-corrected chi connectivity index (χ4v) is 1.78. The zero-order chi connectivity index (χ0) is 14.5. The molecule has 0 bridgehead atoms. The first-order valence-electron chi connectivity index (χ1n) is 5.92. The molecule has 1 atom stereocenters. The molecule has 0 unspecified atom stereocenters. The number of aliphatic carboxylic acids is 1. The highest BCUT2D eigenvalue weighted by Gasteiger charge is 2.22. The molecule has 0 radical (unpaired) electrons. The van der Waals surface area contributed by atoms with Gasteiger partial charge in [-0.2, -0.15) is 0 Å². The zero-order valence-electron chi connectivity index (χ0n) is 10.4. The largest absolute Gasteiger partial charge is 0.479 e. The van der Waals surface area contributed by atoms with Crippen molar-refractivity contribution in [2.24, 2.45) is 0 Å². The Balaban J connectivity index is 2.21. The molecule has 0 aliphatic rings. The Labute approximate surface area is 114 Å². The van der Waals surface area contributed by atoms with Crippen LogP contribution in [-0.2, 0) is 4.79 Å². The number of amides is 1. The highest BCUT2D eigenvalue weighted by Crippen LogP contribution is 2.14. The average Bonchev–Trinajstić information content (AvgIpc) is 2.45. The molecule has 0 saturated carbocycles. The van der Waals surface area contributed by atoms with Gasteiger partial charge in [0, 0.05) is 5.56 Å². The molecular formula is C15H12FNO3. The Kier molecular flexibility index (Phi) is 4.10. The van der Waals surface area contributed by atoms with Crippen molar-refractivity contribution in [3.8, 4) is 0 Å². The van der Waals surface area contributed by atoms with Gasteiger partial charge in [0.1, 0.15) is 5.82 Å². The number of carboxylic acid groups (broad SMARTS) is 1. The van der Waals surface area contributed by atoms with Gasteiger partial charge in [0.2, 0.25) is 0 Å². The first-order valence-corrected chi connectivity index (χ1v) is 5.92. The van der Waals surface area contributed by atoms with Crippen LogP contribution in [-0.4, -0.2) is 17.0 Å². The predicted octanol–water partition coefficient (Wildman–Crippen LogP) is 2.38. The lowest BCUT2D eigenvalue weighted by Gasteiger charge is -2.14. The molecule has 0 fully saturated rings. The van der Waals surface area contributed by atoms with E-state index < -0.39 is 23.7 Å². The van der Waals surface area contributed by atoms with Gasteiger partial charge >= 0.3 is 5.97 Å². The Morgan fingerprint density at radius 1 is 1.05 bits per heavy atom. The molecule has 0 spiro atoms. The maximum atomic E-state index is 13.1. The van der Waals surface area contributed by atoms with E-state index in [9.17, 15) is 19.1 Å². The summed E-state index contributed by atoms with van der Waals surface area (Å²) in [4.78, 5) is 23.2. The number of nitrogens with one attached hydrogen (secondary N) is 1. The van der Waals surface area contributed by atoms with E-state index in [1.165, 1.54) is 18.2 Å². The van der Waals surface area contributed by atoms with Gasteiger partial charge in [0.25, 0.3) is 5.91 Å². The van der Waals surface area contributed by atoms with Crippen molar-refractivity contribution in [3.63, 3.8) is 0 Å². The second kappa shape index (κ2) is 5.97. The number of carbonyl (C=O) groups excluding carboxylic acids is 1. The third kappa shape index (κ3) is 3.20. The fraction of sp³-hybridized carbons (Fsp3) is 0.0667. The fourth-order valence-electron chi connectivity index (χ4n) is 1.78. The number of hydrogen-bond donors (Lipinski definition) is 2. The number of rotatable bonds is 4. The normalized spacial score (nSPS) is 11.7. The molecule has 102 valence electrons. The summed E-state index contributed by atoms with van der Waals surface area (Å²) in [7, 11) is 0. The summed E-state index contributed by atoms with van der Waals surface area (Å²) < 4.78 is 13.1. The molecule has 2 rings (SSSR count). The minimum Gasteiger partial charge on any atom is -0.479 e. The molecule has 2 aromatic carbocycles. The molecule has 1 amide bonds. The lowest BCUT2D eigenvalue weighted by atomic mass is 10.1. The minimum atomic E-state index is -1.18. The number of carboxylic acids is 1. The van der Waals surface area contributed by atoms with Crippen LogP contribution in [0.1, 0.15) is 22.0 Å². The number of benzene rings is 2. The summed E-state index contributed by atoms with van der Waals surface area (Å²) in [5.74, 6) is -2.37. The third-order valence-electron chi connectivity index (χ3n) is 2.74. The van der Waals surface area contributed by atoms with Crippen LogP contribution in [0.25, 0.3) is 0 Å². The summed E-state index contributed by atoms with van der Waals surface area (Å²) in [5, 5.41) is 11.6. The Hall–Kier alpha value is -2.69. The molecule has 0 aromatic heterocycles. The van der Waals surface area contributed by atoms with E-state index in [2.05, 4.69) is 5.32 Å². The maximum absolute atomic E-state index is 13.1. The van der Waals surface area contributed by atoms with Crippen molar-refractivity contribution in [1.82, 2.24) is 5.32 Å². The van der Waals surface area contributed by atoms with Crippen LogP contribution >= 0.6 is 0 Å². The lowest BCUT2D eigenvalue weighted by molar-refractivity contribution is -0.139. The Morgan fingerprint density at radius 2 is 1.75 bits per heavy atom. The highest BCUT2D eigenvalue weighted by atomic mass is 19.1. The second-order valence-corrected chi connectivity index (χ2v) is 4.17. The van der Waals surface area contributed by atoms with Gasteiger partial charge in [-0.1, -0.05) is 36.4 Å². The minimum absolute atomic E-state index is 0.0761. The summed E-state index contributed by atoms with van der Waals surface area (Å²) in [6.45, 7) is 0. The van der Waals surface area contributed by atoms with E-state index in [1.807, 2.05) is 0 Å². The number of carbonyl (C=O) groups is 2. The second-order valence-electron chi connectivity index (χ2n) is 4.17. The van der Waals surface area contributed by atoms with Crippen molar-refractivity contribution >= 4 is 11.9 Å². The molecule has 0 aliphatic carbocycles. The van der Waals surface area contributed by atoms with Crippen LogP contribution in [0.3, 0.4) is 0 Å². The van der Waals surface area contributed by atoms with Gasteiger partial charge < -0.3 is 10.4 Å². The molecule has 0 saturated heterocycles. The van der Waals surface area contributed by atoms with Gasteiger partial charge in [-0.15, -0.1) is 0 Å². The standard InChI is InChI=1S/C15H12FNO3/c16-12-8-4-7-11(9-12)14(18)17-13(15(19)20)10-5-2-1-3-6-10/h1-9,13H,(H,17,18)(H,19,20)/t13-/m1/s1. The molecule has 0 heterocycles. The molecular weight excluding hydrogens is 261 g/mol. The number of hydrogen-bond acceptors (Lipinski definition) is 2. The van der Waals surface area contributed by atoms with E-state index in [1.54, 1.807) is 30.3 Å². The van der Waals surface area contributed by atoms with E-state index in [4.69, 9.17) is 0 Å². The van der Waals surface area contributed by atoms with Gasteiger partial charge in [-0.05, 0) is 23.8 Å². The lowest BCUT2D eigenvalue weighted by Crippen LogP contribution is -2.33. The van der Waals surface area contributed by atoms with Crippen molar-refractivity contribution in [1.29, 1.82) is 0 Å².